The molecule has 0 saturated heterocycles. The maximum Gasteiger partial charge on any atom is 0.149 e. The molecule has 0 aliphatic carbocycles. The summed E-state index contributed by atoms with van der Waals surface area (Å²) < 4.78 is 11.4. The molecule has 0 aromatic heterocycles. The third kappa shape index (κ3) is 4.90. The van der Waals surface area contributed by atoms with Gasteiger partial charge in [0.1, 0.15) is 17.2 Å². The van der Waals surface area contributed by atoms with Crippen LogP contribution in [0.15, 0.2) is 17.2 Å². The SMILES string of the molecule is CCCCN(CCC)c1cc(OCC)c(N=N)cc1OCC. The maximum atomic E-state index is 7.34. The molecule has 0 atom stereocenters. The van der Waals surface area contributed by atoms with Crippen molar-refractivity contribution in [3.05, 3.63) is 12.1 Å². The molecule has 0 fully saturated rings. The first-order chi connectivity index (χ1) is 10.7. The lowest BCUT2D eigenvalue weighted by atomic mass is 10.2. The second-order valence-electron chi connectivity index (χ2n) is 5.11. The Balaban J connectivity index is 3.25. The monoisotopic (exact) mass is 307 g/mol. The molecule has 0 aliphatic rings. The molecule has 0 heterocycles. The Bertz CT molecular complexity index is 463. The van der Waals surface area contributed by atoms with E-state index in [1.807, 2.05) is 26.0 Å². The van der Waals surface area contributed by atoms with Gasteiger partial charge in [-0.05, 0) is 26.7 Å². The van der Waals surface area contributed by atoms with Crippen LogP contribution in [-0.4, -0.2) is 26.3 Å². The van der Waals surface area contributed by atoms with Gasteiger partial charge in [-0.3, -0.25) is 0 Å². The molecule has 22 heavy (non-hydrogen) atoms. The smallest absolute Gasteiger partial charge is 0.149 e. The fourth-order valence-corrected chi connectivity index (χ4v) is 2.39. The highest BCUT2D eigenvalue weighted by molar-refractivity contribution is 5.69. The van der Waals surface area contributed by atoms with E-state index < -0.39 is 0 Å². The van der Waals surface area contributed by atoms with E-state index in [4.69, 9.17) is 15.0 Å². The number of hydrogen-bond acceptors (Lipinski definition) is 5. The molecule has 1 aromatic rings. The van der Waals surface area contributed by atoms with Crippen LogP contribution in [0.5, 0.6) is 11.5 Å². The second kappa shape index (κ2) is 10.0. The van der Waals surface area contributed by atoms with Crippen LogP contribution in [0.1, 0.15) is 47.0 Å². The highest BCUT2D eigenvalue weighted by Crippen LogP contribution is 2.40. The highest BCUT2D eigenvalue weighted by atomic mass is 16.5. The number of benzene rings is 1. The molecule has 5 heteroatoms. The first-order valence-corrected chi connectivity index (χ1v) is 8.27. The molecule has 1 rings (SSSR count). The van der Waals surface area contributed by atoms with Crippen LogP contribution >= 0.6 is 0 Å². The van der Waals surface area contributed by atoms with Crippen molar-refractivity contribution in [2.75, 3.05) is 31.2 Å². The van der Waals surface area contributed by atoms with Crippen LogP contribution in [-0.2, 0) is 0 Å². The Morgan fingerprint density at radius 1 is 0.955 bits per heavy atom. The molecule has 124 valence electrons. The van der Waals surface area contributed by atoms with E-state index >= 15 is 0 Å². The third-order valence-corrected chi connectivity index (χ3v) is 3.38. The second-order valence-corrected chi connectivity index (χ2v) is 5.11. The summed E-state index contributed by atoms with van der Waals surface area (Å²) in [4.78, 5) is 2.34. The van der Waals surface area contributed by atoms with Gasteiger partial charge in [0, 0.05) is 25.2 Å². The molecule has 0 unspecified atom stereocenters. The average molecular weight is 307 g/mol. The van der Waals surface area contributed by atoms with E-state index in [0.29, 0.717) is 24.7 Å². The lowest BCUT2D eigenvalue weighted by molar-refractivity contribution is 0.331. The Kier molecular flexibility index (Phi) is 8.33. The van der Waals surface area contributed by atoms with Gasteiger partial charge in [0.25, 0.3) is 0 Å². The Hall–Kier alpha value is -1.78. The molecule has 1 aromatic carbocycles. The zero-order valence-electron chi connectivity index (χ0n) is 14.3. The Labute approximate surface area is 134 Å². The summed E-state index contributed by atoms with van der Waals surface area (Å²) in [6.07, 6.45) is 3.37. The summed E-state index contributed by atoms with van der Waals surface area (Å²) in [5.41, 5.74) is 8.89. The van der Waals surface area contributed by atoms with Gasteiger partial charge < -0.3 is 14.4 Å². The maximum absolute atomic E-state index is 7.34. The zero-order chi connectivity index (χ0) is 16.4. The van der Waals surface area contributed by atoms with E-state index in [0.717, 1.165) is 43.8 Å². The number of rotatable bonds is 11. The predicted octanol–water partition coefficient (Wildman–Crippen LogP) is 5.16. The number of ether oxygens (including phenoxy) is 2. The quantitative estimate of drug-likeness (QED) is 0.574. The van der Waals surface area contributed by atoms with Crippen LogP contribution in [0.25, 0.3) is 0 Å². The lowest BCUT2D eigenvalue weighted by Gasteiger charge is -2.27. The average Bonchev–Trinajstić information content (AvgIpc) is 2.53. The minimum atomic E-state index is 0.515. The van der Waals surface area contributed by atoms with Gasteiger partial charge in [-0.1, -0.05) is 20.3 Å². The third-order valence-electron chi connectivity index (χ3n) is 3.38. The molecule has 0 amide bonds. The molecule has 0 spiro atoms. The van der Waals surface area contributed by atoms with Gasteiger partial charge in [0.15, 0.2) is 0 Å². The zero-order valence-corrected chi connectivity index (χ0v) is 14.3. The van der Waals surface area contributed by atoms with Crippen molar-refractivity contribution in [1.29, 1.82) is 5.53 Å². The molecule has 0 radical (unpaired) electrons. The van der Waals surface area contributed by atoms with Crippen LogP contribution in [0, 0.1) is 5.53 Å². The molecular weight excluding hydrogens is 278 g/mol. The summed E-state index contributed by atoms with van der Waals surface area (Å²) in [6, 6.07) is 3.78. The van der Waals surface area contributed by atoms with Gasteiger partial charge in [-0.2, -0.15) is 5.11 Å². The van der Waals surface area contributed by atoms with Gasteiger partial charge in [-0.15, -0.1) is 0 Å². The van der Waals surface area contributed by atoms with Crippen molar-refractivity contribution < 1.29 is 9.47 Å². The van der Waals surface area contributed by atoms with Crippen molar-refractivity contribution in [1.82, 2.24) is 0 Å². The van der Waals surface area contributed by atoms with E-state index in [2.05, 4.69) is 23.9 Å². The standard InChI is InChI=1S/C17H29N3O2/c1-5-9-11-20(10-6-2)15-13-16(21-7-3)14(19-18)12-17(15)22-8-4/h12-13,18H,5-11H2,1-4H3. The molecule has 0 bridgehead atoms. The first-order valence-electron chi connectivity index (χ1n) is 8.27. The van der Waals surface area contributed by atoms with E-state index in [-0.39, 0.29) is 0 Å². The van der Waals surface area contributed by atoms with Crippen LogP contribution in [0.3, 0.4) is 0 Å². The summed E-state index contributed by atoms with van der Waals surface area (Å²) in [5.74, 6) is 1.43. The number of hydrogen-bond donors (Lipinski definition) is 1. The molecule has 1 N–H and O–H groups in total. The van der Waals surface area contributed by atoms with Gasteiger partial charge in [0.05, 0.1) is 18.9 Å². The Morgan fingerprint density at radius 3 is 2.18 bits per heavy atom. The molecule has 0 saturated carbocycles. The van der Waals surface area contributed by atoms with Crippen molar-refractivity contribution >= 4 is 11.4 Å². The normalized spacial score (nSPS) is 10.4. The predicted molar refractivity (Wildman–Crippen MR) is 91.0 cm³/mol. The van der Waals surface area contributed by atoms with Gasteiger partial charge in [0.2, 0.25) is 0 Å². The minimum Gasteiger partial charge on any atom is -0.492 e. The summed E-state index contributed by atoms with van der Waals surface area (Å²) in [5, 5.41) is 3.57. The topological polar surface area (TPSA) is 57.9 Å². The number of nitrogens with zero attached hydrogens (tertiary/aromatic N) is 2. The summed E-state index contributed by atoms with van der Waals surface area (Å²) in [7, 11) is 0. The summed E-state index contributed by atoms with van der Waals surface area (Å²) >= 11 is 0. The van der Waals surface area contributed by atoms with E-state index in [1.165, 1.54) is 0 Å². The van der Waals surface area contributed by atoms with Crippen LogP contribution in [0.4, 0.5) is 11.4 Å². The van der Waals surface area contributed by atoms with E-state index in [9.17, 15) is 0 Å². The van der Waals surface area contributed by atoms with Crippen molar-refractivity contribution in [2.45, 2.75) is 47.0 Å². The molecule has 5 nitrogen and oxygen atoms in total. The number of unbranched alkanes of at least 4 members (excludes halogenated alkanes) is 1. The fraction of sp³-hybridized carbons (Fsp3) is 0.647. The highest BCUT2D eigenvalue weighted by Gasteiger charge is 2.16. The van der Waals surface area contributed by atoms with Crippen molar-refractivity contribution in [2.24, 2.45) is 5.11 Å². The first kappa shape index (κ1) is 18.3. The largest absolute Gasteiger partial charge is 0.492 e. The van der Waals surface area contributed by atoms with Gasteiger partial charge in [-0.25, -0.2) is 5.53 Å². The Morgan fingerprint density at radius 2 is 1.64 bits per heavy atom. The fourth-order valence-electron chi connectivity index (χ4n) is 2.39. The molecule has 0 aliphatic heterocycles. The van der Waals surface area contributed by atoms with Crippen molar-refractivity contribution in [3.8, 4) is 11.5 Å². The van der Waals surface area contributed by atoms with Crippen molar-refractivity contribution in [3.63, 3.8) is 0 Å². The lowest BCUT2D eigenvalue weighted by Crippen LogP contribution is -2.26. The minimum absolute atomic E-state index is 0.515. The van der Waals surface area contributed by atoms with E-state index in [1.54, 1.807) is 0 Å². The summed E-state index contributed by atoms with van der Waals surface area (Å²) in [6.45, 7) is 11.4. The van der Waals surface area contributed by atoms with Crippen LogP contribution in [0.2, 0.25) is 0 Å². The van der Waals surface area contributed by atoms with Gasteiger partial charge >= 0.3 is 0 Å². The van der Waals surface area contributed by atoms with Crippen LogP contribution < -0.4 is 14.4 Å². The molecular formula is C17H29N3O2. The number of nitrogens with one attached hydrogen (secondary N) is 1. The number of anilines is 1.